The Morgan fingerprint density at radius 2 is 1.76 bits per heavy atom. The van der Waals surface area contributed by atoms with Crippen molar-refractivity contribution in [2.75, 3.05) is 12.4 Å². The van der Waals surface area contributed by atoms with Gasteiger partial charge in [-0.3, -0.25) is 30.3 Å². The lowest BCUT2D eigenvalue weighted by atomic mass is 10.1. The molecule has 3 rings (SSSR count). The lowest BCUT2D eigenvalue weighted by molar-refractivity contribution is -0.394. The highest BCUT2D eigenvalue weighted by atomic mass is 32.1. The number of aromatic nitrogens is 1. The van der Waals surface area contributed by atoms with Crippen molar-refractivity contribution in [3.63, 3.8) is 0 Å². The van der Waals surface area contributed by atoms with Crippen molar-refractivity contribution in [3.8, 4) is 17.0 Å². The van der Waals surface area contributed by atoms with Crippen molar-refractivity contribution in [1.82, 2.24) is 4.98 Å². The first-order chi connectivity index (χ1) is 13.8. The third-order valence-corrected chi connectivity index (χ3v) is 4.76. The van der Waals surface area contributed by atoms with Gasteiger partial charge in [0.15, 0.2) is 5.13 Å². The number of rotatable bonds is 6. The predicted octanol–water partition coefficient (Wildman–Crippen LogP) is 4.20. The molecule has 1 amide bonds. The van der Waals surface area contributed by atoms with E-state index in [2.05, 4.69) is 10.3 Å². The van der Waals surface area contributed by atoms with E-state index in [1.807, 2.05) is 25.1 Å². The van der Waals surface area contributed by atoms with Crippen LogP contribution in [-0.4, -0.2) is 27.8 Å². The van der Waals surface area contributed by atoms with Crippen molar-refractivity contribution < 1.29 is 19.4 Å². The van der Waals surface area contributed by atoms with Gasteiger partial charge < -0.3 is 4.74 Å². The SMILES string of the molecule is COc1ccc(-c2csc(NC(=O)c3cc([N+](=O)[O-])cc([N+](=O)[O-])c3)n2)cc1C. The maximum Gasteiger partial charge on any atom is 0.277 e. The van der Waals surface area contributed by atoms with Crippen molar-refractivity contribution in [2.24, 2.45) is 0 Å². The van der Waals surface area contributed by atoms with E-state index in [-0.39, 0.29) is 10.7 Å². The van der Waals surface area contributed by atoms with Crippen LogP contribution in [-0.2, 0) is 0 Å². The molecule has 0 unspecified atom stereocenters. The van der Waals surface area contributed by atoms with Crippen LogP contribution in [0.2, 0.25) is 0 Å². The molecule has 0 fully saturated rings. The maximum atomic E-state index is 12.4. The molecule has 2 aromatic carbocycles. The van der Waals surface area contributed by atoms with Crippen molar-refractivity contribution in [2.45, 2.75) is 6.92 Å². The zero-order valence-corrected chi connectivity index (χ0v) is 16.1. The molecule has 148 valence electrons. The maximum absolute atomic E-state index is 12.4. The number of non-ortho nitro benzene ring substituents is 2. The average Bonchev–Trinajstić information content (AvgIpc) is 3.15. The molecule has 0 radical (unpaired) electrons. The molecule has 0 saturated carbocycles. The second-order valence-electron chi connectivity index (χ2n) is 5.93. The summed E-state index contributed by atoms with van der Waals surface area (Å²) in [4.78, 5) is 37.1. The largest absolute Gasteiger partial charge is 0.496 e. The number of aryl methyl sites for hydroxylation is 1. The number of hydrogen-bond donors (Lipinski definition) is 1. The molecule has 0 saturated heterocycles. The summed E-state index contributed by atoms with van der Waals surface area (Å²) in [5.41, 5.74) is 1.08. The molecule has 10 nitrogen and oxygen atoms in total. The minimum absolute atomic E-state index is 0.206. The van der Waals surface area contributed by atoms with Crippen molar-refractivity contribution in [1.29, 1.82) is 0 Å². The molecule has 11 heteroatoms. The third-order valence-electron chi connectivity index (χ3n) is 4.00. The fourth-order valence-electron chi connectivity index (χ4n) is 2.61. The van der Waals surface area contributed by atoms with E-state index in [0.717, 1.165) is 46.4 Å². The Hall–Kier alpha value is -3.86. The summed E-state index contributed by atoms with van der Waals surface area (Å²) in [6, 6.07) is 8.28. The molecule has 0 aliphatic carbocycles. The standard InChI is InChI=1S/C18H14N4O6S/c1-10-5-11(3-4-16(10)28-2)15-9-29-18(19-15)20-17(23)12-6-13(21(24)25)8-14(7-12)22(26)27/h3-9H,1-2H3,(H,19,20,23). The van der Waals surface area contributed by atoms with Gasteiger partial charge in [0.05, 0.1) is 34.3 Å². The van der Waals surface area contributed by atoms with Gasteiger partial charge >= 0.3 is 0 Å². The van der Waals surface area contributed by atoms with Gasteiger partial charge in [-0.1, -0.05) is 0 Å². The van der Waals surface area contributed by atoms with Gasteiger partial charge in [-0.2, -0.15) is 0 Å². The van der Waals surface area contributed by atoms with Crippen molar-refractivity contribution in [3.05, 3.63) is 73.1 Å². The molecule has 3 aromatic rings. The number of anilines is 1. The number of amides is 1. The number of benzene rings is 2. The van der Waals surface area contributed by atoms with Crippen LogP contribution in [0.4, 0.5) is 16.5 Å². The van der Waals surface area contributed by atoms with Gasteiger partial charge in [-0.25, -0.2) is 4.98 Å². The smallest absolute Gasteiger partial charge is 0.277 e. The summed E-state index contributed by atoms with van der Waals surface area (Å²) in [5, 5.41) is 26.5. The summed E-state index contributed by atoms with van der Waals surface area (Å²) in [7, 11) is 1.58. The molecule has 0 spiro atoms. The van der Waals surface area contributed by atoms with Gasteiger partial charge in [0.2, 0.25) is 0 Å². The van der Waals surface area contributed by atoms with E-state index in [0.29, 0.717) is 5.69 Å². The highest BCUT2D eigenvalue weighted by molar-refractivity contribution is 7.14. The van der Waals surface area contributed by atoms with E-state index < -0.39 is 27.1 Å². The topological polar surface area (TPSA) is 138 Å². The fourth-order valence-corrected chi connectivity index (χ4v) is 3.32. The van der Waals surface area contributed by atoms with Crippen LogP contribution >= 0.6 is 11.3 Å². The normalized spacial score (nSPS) is 10.4. The number of hydrogen-bond acceptors (Lipinski definition) is 8. The summed E-state index contributed by atoms with van der Waals surface area (Å²) in [6.45, 7) is 1.90. The second-order valence-corrected chi connectivity index (χ2v) is 6.79. The number of ether oxygens (including phenoxy) is 1. The third kappa shape index (κ3) is 4.35. The Morgan fingerprint density at radius 1 is 1.10 bits per heavy atom. The first-order valence-electron chi connectivity index (χ1n) is 8.14. The number of methoxy groups -OCH3 is 1. The van der Waals surface area contributed by atoms with Crippen LogP contribution in [0.15, 0.2) is 41.8 Å². The van der Waals surface area contributed by atoms with Crippen LogP contribution in [0, 0.1) is 27.2 Å². The Morgan fingerprint density at radius 3 is 2.31 bits per heavy atom. The van der Waals surface area contributed by atoms with Gasteiger partial charge in [0, 0.05) is 23.1 Å². The molecule has 0 bridgehead atoms. The molecule has 0 aliphatic heterocycles. The zero-order valence-electron chi connectivity index (χ0n) is 15.2. The van der Waals surface area contributed by atoms with Crippen LogP contribution in [0.5, 0.6) is 5.75 Å². The number of nitrogens with one attached hydrogen (secondary N) is 1. The lowest BCUT2D eigenvalue weighted by Crippen LogP contribution is -2.12. The molecule has 1 heterocycles. The molecule has 1 aromatic heterocycles. The number of nitro benzene ring substituents is 2. The molecular formula is C18H14N4O6S. The number of nitrogens with zero attached hydrogens (tertiary/aromatic N) is 3. The monoisotopic (exact) mass is 414 g/mol. The molecular weight excluding hydrogens is 400 g/mol. The van der Waals surface area contributed by atoms with Crippen LogP contribution < -0.4 is 10.1 Å². The van der Waals surface area contributed by atoms with Gasteiger partial charge in [0.1, 0.15) is 5.75 Å². The van der Waals surface area contributed by atoms with Gasteiger partial charge in [0.25, 0.3) is 17.3 Å². The number of carbonyl (C=O) groups excluding carboxylic acids is 1. The summed E-state index contributed by atoms with van der Waals surface area (Å²) in [5.74, 6) is 0.00776. The quantitative estimate of drug-likeness (QED) is 0.471. The van der Waals surface area contributed by atoms with E-state index >= 15 is 0 Å². The highest BCUT2D eigenvalue weighted by Gasteiger charge is 2.20. The second kappa shape index (κ2) is 8.02. The summed E-state index contributed by atoms with van der Waals surface area (Å²) >= 11 is 1.16. The van der Waals surface area contributed by atoms with E-state index in [1.165, 1.54) is 0 Å². The molecule has 0 aliphatic rings. The Kier molecular flexibility index (Phi) is 5.50. The van der Waals surface area contributed by atoms with Crippen molar-refractivity contribution >= 4 is 33.8 Å². The number of thiazole rings is 1. The summed E-state index contributed by atoms with van der Waals surface area (Å²) in [6.07, 6.45) is 0. The fraction of sp³-hybridized carbons (Fsp3) is 0.111. The number of carbonyl (C=O) groups is 1. The molecule has 0 atom stereocenters. The number of nitro groups is 2. The van der Waals surface area contributed by atoms with E-state index in [4.69, 9.17) is 4.74 Å². The first kappa shape index (κ1) is 19.9. The van der Waals surface area contributed by atoms with E-state index in [1.54, 1.807) is 12.5 Å². The Bertz CT molecular complexity index is 1100. The molecule has 29 heavy (non-hydrogen) atoms. The van der Waals surface area contributed by atoms with E-state index in [9.17, 15) is 25.0 Å². The minimum atomic E-state index is -0.794. The van der Waals surface area contributed by atoms with Crippen LogP contribution in [0.3, 0.4) is 0 Å². The Labute approximate surface area is 168 Å². The first-order valence-corrected chi connectivity index (χ1v) is 9.02. The molecule has 1 N–H and O–H groups in total. The zero-order chi connectivity index (χ0) is 21.1. The average molecular weight is 414 g/mol. The van der Waals surface area contributed by atoms with Gasteiger partial charge in [-0.05, 0) is 30.7 Å². The lowest BCUT2D eigenvalue weighted by Gasteiger charge is -2.05. The Balaban J connectivity index is 1.84. The predicted molar refractivity (Wildman–Crippen MR) is 107 cm³/mol. The van der Waals surface area contributed by atoms with Crippen LogP contribution in [0.1, 0.15) is 15.9 Å². The minimum Gasteiger partial charge on any atom is -0.496 e. The van der Waals surface area contributed by atoms with Gasteiger partial charge in [-0.15, -0.1) is 11.3 Å². The summed E-state index contributed by atoms with van der Waals surface area (Å²) < 4.78 is 5.22. The van der Waals surface area contributed by atoms with Crippen LogP contribution in [0.25, 0.3) is 11.3 Å². The highest BCUT2D eigenvalue weighted by Crippen LogP contribution is 2.29.